The fraction of sp³-hybridized carbons (Fsp3) is 0.733. The molecule has 0 aromatic carbocycles. The van der Waals surface area contributed by atoms with Crippen LogP contribution in [0.5, 0.6) is 0 Å². The average Bonchev–Trinajstić information content (AvgIpc) is 2.78. The molecule has 0 aliphatic heterocycles. The van der Waals surface area contributed by atoms with E-state index in [0.717, 1.165) is 32.1 Å². The summed E-state index contributed by atoms with van der Waals surface area (Å²) >= 11 is 1.85. The summed E-state index contributed by atoms with van der Waals surface area (Å²) in [6, 6.07) is 2.20. The van der Waals surface area contributed by atoms with E-state index in [0.29, 0.717) is 0 Å². The SMILES string of the molecule is CCC(C)CN(CC)CCNCc1sccc1C. The van der Waals surface area contributed by atoms with Crippen LogP contribution in [0.2, 0.25) is 0 Å². The molecular formula is C15H28N2S. The van der Waals surface area contributed by atoms with E-state index < -0.39 is 0 Å². The molecule has 3 heteroatoms. The van der Waals surface area contributed by atoms with E-state index in [2.05, 4.69) is 49.4 Å². The molecule has 0 aliphatic carbocycles. The molecule has 1 unspecified atom stereocenters. The minimum absolute atomic E-state index is 0.810. The molecule has 0 bridgehead atoms. The van der Waals surface area contributed by atoms with Crippen LogP contribution in [0.4, 0.5) is 0 Å². The maximum atomic E-state index is 3.55. The van der Waals surface area contributed by atoms with Crippen LogP contribution in [-0.4, -0.2) is 31.1 Å². The lowest BCUT2D eigenvalue weighted by molar-refractivity contribution is 0.245. The van der Waals surface area contributed by atoms with Gasteiger partial charge >= 0.3 is 0 Å². The van der Waals surface area contributed by atoms with Crippen LogP contribution >= 0.6 is 11.3 Å². The molecule has 2 nitrogen and oxygen atoms in total. The van der Waals surface area contributed by atoms with Crippen molar-refractivity contribution in [1.29, 1.82) is 0 Å². The van der Waals surface area contributed by atoms with Gasteiger partial charge in [0.25, 0.3) is 0 Å². The third-order valence-corrected chi connectivity index (χ3v) is 4.60. The van der Waals surface area contributed by atoms with Gasteiger partial charge in [-0.25, -0.2) is 0 Å². The van der Waals surface area contributed by atoms with Gasteiger partial charge in [0.2, 0.25) is 0 Å². The normalized spacial score (nSPS) is 13.2. The van der Waals surface area contributed by atoms with Crippen LogP contribution in [0.25, 0.3) is 0 Å². The van der Waals surface area contributed by atoms with Gasteiger partial charge in [-0.05, 0) is 36.4 Å². The number of nitrogens with one attached hydrogen (secondary N) is 1. The molecule has 104 valence electrons. The highest BCUT2D eigenvalue weighted by Gasteiger charge is 2.06. The summed E-state index contributed by atoms with van der Waals surface area (Å²) in [6.07, 6.45) is 1.28. The van der Waals surface area contributed by atoms with E-state index >= 15 is 0 Å². The first-order chi connectivity index (χ1) is 8.67. The molecule has 1 aromatic heterocycles. The second kappa shape index (κ2) is 8.68. The zero-order chi connectivity index (χ0) is 13.4. The van der Waals surface area contributed by atoms with E-state index in [1.807, 2.05) is 11.3 Å². The lowest BCUT2D eigenvalue weighted by atomic mass is 10.1. The predicted octanol–water partition coefficient (Wildman–Crippen LogP) is 3.51. The predicted molar refractivity (Wildman–Crippen MR) is 82.3 cm³/mol. The minimum atomic E-state index is 0.810. The van der Waals surface area contributed by atoms with Gasteiger partial charge in [-0.15, -0.1) is 11.3 Å². The van der Waals surface area contributed by atoms with Crippen molar-refractivity contribution in [3.05, 3.63) is 21.9 Å². The number of nitrogens with zero attached hydrogens (tertiary/aromatic N) is 1. The molecule has 1 atom stereocenters. The summed E-state index contributed by atoms with van der Waals surface area (Å²) in [4.78, 5) is 4.02. The molecule has 1 heterocycles. The number of hydrogen-bond donors (Lipinski definition) is 1. The second-order valence-electron chi connectivity index (χ2n) is 5.11. The largest absolute Gasteiger partial charge is 0.311 e. The summed E-state index contributed by atoms with van der Waals surface area (Å²) in [5, 5.41) is 5.73. The van der Waals surface area contributed by atoms with Crippen LogP contribution in [0.15, 0.2) is 11.4 Å². The molecular weight excluding hydrogens is 240 g/mol. The fourth-order valence-corrected chi connectivity index (χ4v) is 2.85. The minimum Gasteiger partial charge on any atom is -0.311 e. The Bertz CT molecular complexity index is 322. The third-order valence-electron chi connectivity index (χ3n) is 3.57. The number of hydrogen-bond acceptors (Lipinski definition) is 3. The topological polar surface area (TPSA) is 15.3 Å². The number of likely N-dealkylation sites (N-methyl/N-ethyl adjacent to an activating group) is 1. The zero-order valence-electron chi connectivity index (χ0n) is 12.3. The van der Waals surface area contributed by atoms with Gasteiger partial charge in [0.15, 0.2) is 0 Å². The molecule has 18 heavy (non-hydrogen) atoms. The van der Waals surface area contributed by atoms with Crippen LogP contribution in [0.3, 0.4) is 0 Å². The van der Waals surface area contributed by atoms with E-state index in [-0.39, 0.29) is 0 Å². The van der Waals surface area contributed by atoms with Crippen molar-refractivity contribution in [2.45, 2.75) is 40.7 Å². The molecule has 0 radical (unpaired) electrons. The van der Waals surface area contributed by atoms with Crippen molar-refractivity contribution >= 4 is 11.3 Å². The van der Waals surface area contributed by atoms with Crippen molar-refractivity contribution in [2.75, 3.05) is 26.2 Å². The first kappa shape index (κ1) is 15.7. The van der Waals surface area contributed by atoms with E-state index in [9.17, 15) is 0 Å². The van der Waals surface area contributed by atoms with Crippen LogP contribution in [0.1, 0.15) is 37.6 Å². The van der Waals surface area contributed by atoms with Gasteiger partial charge in [-0.3, -0.25) is 0 Å². The molecule has 0 amide bonds. The van der Waals surface area contributed by atoms with Gasteiger partial charge in [0, 0.05) is 31.1 Å². The average molecular weight is 268 g/mol. The van der Waals surface area contributed by atoms with Crippen molar-refractivity contribution in [2.24, 2.45) is 5.92 Å². The monoisotopic (exact) mass is 268 g/mol. The Kier molecular flexibility index (Phi) is 7.56. The molecule has 0 aliphatic rings. The zero-order valence-corrected chi connectivity index (χ0v) is 13.1. The molecule has 0 fully saturated rings. The second-order valence-corrected chi connectivity index (χ2v) is 6.11. The van der Waals surface area contributed by atoms with Crippen molar-refractivity contribution in [3.8, 4) is 0 Å². The molecule has 1 aromatic rings. The van der Waals surface area contributed by atoms with Crippen molar-refractivity contribution < 1.29 is 0 Å². The van der Waals surface area contributed by atoms with Crippen LogP contribution < -0.4 is 5.32 Å². The Morgan fingerprint density at radius 3 is 2.72 bits per heavy atom. The first-order valence-corrected chi connectivity index (χ1v) is 8.01. The molecule has 0 spiro atoms. The van der Waals surface area contributed by atoms with Crippen molar-refractivity contribution in [1.82, 2.24) is 10.2 Å². The maximum Gasteiger partial charge on any atom is 0.0302 e. The van der Waals surface area contributed by atoms with E-state index in [1.54, 1.807) is 0 Å². The van der Waals surface area contributed by atoms with Crippen LogP contribution in [0, 0.1) is 12.8 Å². The Morgan fingerprint density at radius 2 is 2.17 bits per heavy atom. The quantitative estimate of drug-likeness (QED) is 0.689. The highest BCUT2D eigenvalue weighted by Crippen LogP contribution is 2.14. The number of thiophene rings is 1. The first-order valence-electron chi connectivity index (χ1n) is 7.13. The maximum absolute atomic E-state index is 3.55. The summed E-state index contributed by atoms with van der Waals surface area (Å²) < 4.78 is 0. The Hall–Kier alpha value is -0.380. The standard InChI is InChI=1S/C15H28N2S/c1-5-13(3)12-17(6-2)9-8-16-11-15-14(4)7-10-18-15/h7,10,13,16H,5-6,8-9,11-12H2,1-4H3. The fourth-order valence-electron chi connectivity index (χ4n) is 1.97. The van der Waals surface area contributed by atoms with E-state index in [1.165, 1.54) is 23.4 Å². The summed E-state index contributed by atoms with van der Waals surface area (Å²) in [5.74, 6) is 0.810. The van der Waals surface area contributed by atoms with Crippen LogP contribution in [-0.2, 0) is 6.54 Å². The number of aryl methyl sites for hydroxylation is 1. The smallest absolute Gasteiger partial charge is 0.0302 e. The highest BCUT2D eigenvalue weighted by molar-refractivity contribution is 7.10. The van der Waals surface area contributed by atoms with Gasteiger partial charge in [0.05, 0.1) is 0 Å². The van der Waals surface area contributed by atoms with Gasteiger partial charge in [-0.1, -0.05) is 27.2 Å². The highest BCUT2D eigenvalue weighted by atomic mass is 32.1. The summed E-state index contributed by atoms with van der Waals surface area (Å²) in [6.45, 7) is 14.7. The lowest BCUT2D eigenvalue weighted by Crippen LogP contribution is -2.34. The molecule has 0 saturated carbocycles. The van der Waals surface area contributed by atoms with Crippen molar-refractivity contribution in [3.63, 3.8) is 0 Å². The summed E-state index contributed by atoms with van der Waals surface area (Å²) in [5.41, 5.74) is 1.42. The van der Waals surface area contributed by atoms with Gasteiger partial charge in [0.1, 0.15) is 0 Å². The summed E-state index contributed by atoms with van der Waals surface area (Å²) in [7, 11) is 0. The van der Waals surface area contributed by atoms with E-state index in [4.69, 9.17) is 0 Å². The molecule has 1 N–H and O–H groups in total. The Labute approximate surface area is 116 Å². The third kappa shape index (κ3) is 5.51. The Balaban J connectivity index is 2.17. The van der Waals surface area contributed by atoms with Gasteiger partial charge < -0.3 is 10.2 Å². The lowest BCUT2D eigenvalue weighted by Gasteiger charge is -2.23. The molecule has 1 rings (SSSR count). The Morgan fingerprint density at radius 1 is 1.39 bits per heavy atom. The number of rotatable bonds is 9. The molecule has 0 saturated heterocycles. The van der Waals surface area contributed by atoms with Gasteiger partial charge in [-0.2, -0.15) is 0 Å².